The summed E-state index contributed by atoms with van der Waals surface area (Å²) in [6.45, 7) is 0.756. The van der Waals surface area contributed by atoms with E-state index in [0.29, 0.717) is 47.5 Å². The average Bonchev–Trinajstić information content (AvgIpc) is 3.32. The molecule has 10 heteroatoms. The summed E-state index contributed by atoms with van der Waals surface area (Å²) in [5.41, 5.74) is 0.643. The molecule has 1 fully saturated rings. The van der Waals surface area contributed by atoms with Gasteiger partial charge in [-0.1, -0.05) is 16.8 Å². The molecule has 1 saturated heterocycles. The molecule has 1 aliphatic heterocycles. The van der Waals surface area contributed by atoms with Gasteiger partial charge in [-0.05, 0) is 49.2 Å². The molecule has 0 bridgehead atoms. The van der Waals surface area contributed by atoms with Crippen molar-refractivity contribution in [3.63, 3.8) is 0 Å². The van der Waals surface area contributed by atoms with Crippen molar-refractivity contribution < 1.29 is 17.3 Å². The summed E-state index contributed by atoms with van der Waals surface area (Å²) < 4.78 is 45.8. The lowest BCUT2D eigenvalue weighted by atomic mass is 9.97. The average molecular weight is 428 g/mol. The van der Waals surface area contributed by atoms with Gasteiger partial charge in [0.1, 0.15) is 10.0 Å². The third kappa shape index (κ3) is 3.77. The molecule has 27 heavy (non-hydrogen) atoms. The van der Waals surface area contributed by atoms with E-state index in [2.05, 4.69) is 10.1 Å². The van der Waals surface area contributed by atoms with Crippen LogP contribution in [0.5, 0.6) is 0 Å². The topological polar surface area (TPSA) is 76.3 Å². The van der Waals surface area contributed by atoms with E-state index in [-0.39, 0.29) is 15.9 Å². The Kier molecular flexibility index (Phi) is 5.02. The minimum Gasteiger partial charge on any atom is -0.334 e. The van der Waals surface area contributed by atoms with E-state index in [1.807, 2.05) is 0 Å². The fourth-order valence-corrected chi connectivity index (χ4v) is 6.14. The molecule has 0 saturated carbocycles. The van der Waals surface area contributed by atoms with Gasteiger partial charge in [0.15, 0.2) is 5.82 Å². The zero-order valence-corrected chi connectivity index (χ0v) is 16.4. The van der Waals surface area contributed by atoms with Crippen LogP contribution in [0.25, 0.3) is 11.5 Å². The molecule has 3 aromatic rings. The van der Waals surface area contributed by atoms with E-state index in [4.69, 9.17) is 16.1 Å². The Labute approximate surface area is 164 Å². The number of nitrogens with zero attached hydrogens (tertiary/aromatic N) is 3. The Morgan fingerprint density at radius 2 is 1.85 bits per heavy atom. The van der Waals surface area contributed by atoms with E-state index < -0.39 is 10.0 Å². The van der Waals surface area contributed by atoms with Crippen molar-refractivity contribution in [2.45, 2.75) is 23.0 Å². The Morgan fingerprint density at radius 3 is 2.48 bits per heavy atom. The highest BCUT2D eigenvalue weighted by Gasteiger charge is 2.32. The number of piperidine rings is 1. The fraction of sp³-hybridized carbons (Fsp3) is 0.294. The molecule has 0 atom stereocenters. The van der Waals surface area contributed by atoms with Crippen LogP contribution in [0.1, 0.15) is 24.6 Å². The van der Waals surface area contributed by atoms with Gasteiger partial charge >= 0.3 is 0 Å². The quantitative estimate of drug-likeness (QED) is 0.624. The third-order valence-corrected chi connectivity index (χ3v) is 8.09. The van der Waals surface area contributed by atoms with Gasteiger partial charge in [0.05, 0.1) is 4.34 Å². The molecular weight excluding hydrogens is 413 g/mol. The number of hydrogen-bond donors (Lipinski definition) is 0. The lowest BCUT2D eigenvalue weighted by Gasteiger charge is -2.29. The number of hydrogen-bond acceptors (Lipinski definition) is 6. The minimum absolute atomic E-state index is 0.0151. The van der Waals surface area contributed by atoms with Crippen molar-refractivity contribution in [1.29, 1.82) is 0 Å². The summed E-state index contributed by atoms with van der Waals surface area (Å²) in [5, 5.41) is 4.02. The second kappa shape index (κ2) is 7.31. The minimum atomic E-state index is -3.52. The molecule has 4 rings (SSSR count). The second-order valence-corrected chi connectivity index (χ2v) is 10.1. The first kappa shape index (κ1) is 18.5. The maximum Gasteiger partial charge on any atom is 0.257 e. The molecule has 3 heterocycles. The zero-order valence-electron chi connectivity index (χ0n) is 14.0. The molecule has 2 aromatic heterocycles. The van der Waals surface area contributed by atoms with E-state index in [0.717, 1.165) is 11.3 Å². The fourth-order valence-electron chi connectivity index (χ4n) is 3.03. The molecule has 0 spiro atoms. The number of halogens is 2. The molecule has 1 aliphatic rings. The van der Waals surface area contributed by atoms with Crippen LogP contribution in [0.3, 0.4) is 0 Å². The summed E-state index contributed by atoms with van der Waals surface area (Å²) in [4.78, 5) is 4.40. The number of aromatic nitrogens is 2. The van der Waals surface area contributed by atoms with E-state index in [1.165, 1.54) is 22.5 Å². The highest BCUT2D eigenvalue weighted by Crippen LogP contribution is 2.33. The standard InChI is InChI=1S/C17H15ClFN3O3S2/c18-14-5-6-15(26-14)27(23,24)22-9-7-11(8-10-22)16-20-17(25-21-16)12-1-3-13(19)4-2-12/h1-6,11H,7-10H2. The first-order valence-electron chi connectivity index (χ1n) is 8.28. The Hall–Kier alpha value is -1.81. The second-order valence-electron chi connectivity index (χ2n) is 6.20. The van der Waals surface area contributed by atoms with Gasteiger partial charge < -0.3 is 4.52 Å². The van der Waals surface area contributed by atoms with Crippen LogP contribution in [-0.2, 0) is 10.0 Å². The van der Waals surface area contributed by atoms with Crippen molar-refractivity contribution >= 4 is 33.0 Å². The predicted octanol–water partition coefficient (Wildman–Crippen LogP) is 4.16. The summed E-state index contributed by atoms with van der Waals surface area (Å²) in [6, 6.07) is 8.94. The van der Waals surface area contributed by atoms with Crippen LogP contribution in [-0.4, -0.2) is 36.0 Å². The summed E-state index contributed by atoms with van der Waals surface area (Å²) in [5.74, 6) is 0.555. The smallest absolute Gasteiger partial charge is 0.257 e. The molecule has 0 amide bonds. The van der Waals surface area contributed by atoms with Crippen molar-refractivity contribution in [3.05, 3.63) is 52.4 Å². The van der Waals surface area contributed by atoms with Gasteiger partial charge in [0.25, 0.3) is 15.9 Å². The number of thiophene rings is 1. The van der Waals surface area contributed by atoms with Crippen molar-refractivity contribution in [2.24, 2.45) is 0 Å². The van der Waals surface area contributed by atoms with Crippen LogP contribution in [0.4, 0.5) is 4.39 Å². The monoisotopic (exact) mass is 427 g/mol. The number of sulfonamides is 1. The normalized spacial score (nSPS) is 16.7. The molecular formula is C17H15ClFN3O3S2. The summed E-state index contributed by atoms with van der Waals surface area (Å²) >= 11 is 6.91. The Balaban J connectivity index is 1.44. The largest absolute Gasteiger partial charge is 0.334 e. The first-order valence-corrected chi connectivity index (χ1v) is 10.9. The Bertz CT molecular complexity index is 1040. The highest BCUT2D eigenvalue weighted by atomic mass is 35.5. The maximum absolute atomic E-state index is 13.0. The molecule has 0 N–H and O–H groups in total. The van der Waals surface area contributed by atoms with E-state index in [9.17, 15) is 12.8 Å². The zero-order chi connectivity index (χ0) is 19.0. The van der Waals surface area contributed by atoms with E-state index in [1.54, 1.807) is 18.2 Å². The number of benzene rings is 1. The van der Waals surface area contributed by atoms with Gasteiger partial charge in [-0.15, -0.1) is 11.3 Å². The summed E-state index contributed by atoms with van der Waals surface area (Å²) in [6.07, 6.45) is 1.20. The number of rotatable bonds is 4. The molecule has 6 nitrogen and oxygen atoms in total. The third-order valence-electron chi connectivity index (χ3n) is 4.49. The Morgan fingerprint density at radius 1 is 1.15 bits per heavy atom. The molecule has 0 aliphatic carbocycles. The van der Waals surface area contributed by atoms with Gasteiger partial charge in [-0.3, -0.25) is 0 Å². The van der Waals surface area contributed by atoms with Crippen LogP contribution in [0, 0.1) is 5.82 Å². The van der Waals surface area contributed by atoms with Crippen molar-refractivity contribution in [3.8, 4) is 11.5 Å². The highest BCUT2D eigenvalue weighted by molar-refractivity contribution is 7.91. The van der Waals surface area contributed by atoms with Crippen LogP contribution < -0.4 is 0 Å². The van der Waals surface area contributed by atoms with Crippen LogP contribution in [0.15, 0.2) is 45.1 Å². The van der Waals surface area contributed by atoms with Gasteiger partial charge in [0, 0.05) is 24.6 Å². The lowest BCUT2D eigenvalue weighted by Crippen LogP contribution is -2.37. The van der Waals surface area contributed by atoms with Gasteiger partial charge in [-0.2, -0.15) is 9.29 Å². The lowest BCUT2D eigenvalue weighted by molar-refractivity contribution is 0.307. The van der Waals surface area contributed by atoms with Gasteiger partial charge in [-0.25, -0.2) is 12.8 Å². The van der Waals surface area contributed by atoms with Gasteiger partial charge in [0.2, 0.25) is 0 Å². The van der Waals surface area contributed by atoms with Crippen LogP contribution in [0.2, 0.25) is 4.34 Å². The molecule has 0 radical (unpaired) electrons. The van der Waals surface area contributed by atoms with Crippen LogP contribution >= 0.6 is 22.9 Å². The van der Waals surface area contributed by atoms with Crippen molar-refractivity contribution in [2.75, 3.05) is 13.1 Å². The van der Waals surface area contributed by atoms with E-state index >= 15 is 0 Å². The predicted molar refractivity (Wildman–Crippen MR) is 99.8 cm³/mol. The first-order chi connectivity index (χ1) is 12.9. The molecule has 1 aromatic carbocycles. The molecule has 0 unspecified atom stereocenters. The van der Waals surface area contributed by atoms with Crippen molar-refractivity contribution in [1.82, 2.24) is 14.4 Å². The molecule has 142 valence electrons. The SMILES string of the molecule is O=S(=O)(c1ccc(Cl)s1)N1CCC(c2noc(-c3ccc(F)cc3)n2)CC1. The maximum atomic E-state index is 13.0. The summed E-state index contributed by atoms with van der Waals surface area (Å²) in [7, 11) is -3.52.